The predicted molar refractivity (Wildman–Crippen MR) is 77.1 cm³/mol. The number of anilines is 1. The molecular formula is C12H17N5O3S. The van der Waals surface area contributed by atoms with Gasteiger partial charge in [-0.15, -0.1) is 5.10 Å². The number of hydrogen-bond donors (Lipinski definition) is 2. The third-order valence-corrected chi connectivity index (χ3v) is 3.86. The van der Waals surface area contributed by atoms with Crippen molar-refractivity contribution in [3.63, 3.8) is 0 Å². The van der Waals surface area contributed by atoms with Gasteiger partial charge < -0.3 is 10.5 Å². The SMILES string of the molecule is CCc1c(N)nnn1CCOc1ccc(S(N)(=O)=O)cc1. The van der Waals surface area contributed by atoms with E-state index in [2.05, 4.69) is 10.3 Å². The number of aromatic nitrogens is 3. The summed E-state index contributed by atoms with van der Waals surface area (Å²) in [5.74, 6) is 0.976. The minimum atomic E-state index is -3.68. The maximum Gasteiger partial charge on any atom is 0.238 e. The standard InChI is InChI=1S/C12H17N5O3S/c1-2-11-12(13)15-16-17(11)7-8-20-9-3-5-10(6-4-9)21(14,18)19/h3-6H,2,7-8,13H2,1H3,(H2,14,18,19). The van der Waals surface area contributed by atoms with Crippen LogP contribution in [-0.2, 0) is 23.0 Å². The molecule has 9 heteroatoms. The van der Waals surface area contributed by atoms with Crippen molar-refractivity contribution in [3.05, 3.63) is 30.0 Å². The fourth-order valence-electron chi connectivity index (χ4n) is 1.86. The van der Waals surface area contributed by atoms with Crippen LogP contribution in [0.5, 0.6) is 5.75 Å². The average Bonchev–Trinajstić information content (AvgIpc) is 2.79. The first-order valence-electron chi connectivity index (χ1n) is 6.35. The lowest BCUT2D eigenvalue weighted by Crippen LogP contribution is -2.13. The van der Waals surface area contributed by atoms with Crippen LogP contribution in [0.25, 0.3) is 0 Å². The molecule has 0 saturated heterocycles. The maximum absolute atomic E-state index is 11.1. The van der Waals surface area contributed by atoms with Gasteiger partial charge in [0.25, 0.3) is 0 Å². The van der Waals surface area contributed by atoms with Crippen molar-refractivity contribution in [2.24, 2.45) is 5.14 Å². The van der Waals surface area contributed by atoms with Gasteiger partial charge in [-0.2, -0.15) is 0 Å². The molecule has 0 saturated carbocycles. The molecule has 4 N–H and O–H groups in total. The number of nitrogen functional groups attached to an aromatic ring is 1. The van der Waals surface area contributed by atoms with Crippen LogP contribution in [0.4, 0.5) is 5.82 Å². The number of ether oxygens (including phenoxy) is 1. The molecule has 0 aliphatic rings. The summed E-state index contributed by atoms with van der Waals surface area (Å²) in [7, 11) is -3.68. The van der Waals surface area contributed by atoms with Crippen LogP contribution < -0.4 is 15.6 Å². The predicted octanol–water partition coefficient (Wildman–Crippen LogP) is 0.149. The first-order chi connectivity index (χ1) is 9.91. The largest absolute Gasteiger partial charge is 0.492 e. The molecule has 1 aromatic heterocycles. The Morgan fingerprint density at radius 3 is 2.52 bits per heavy atom. The first kappa shape index (κ1) is 15.3. The second-order valence-electron chi connectivity index (χ2n) is 4.36. The van der Waals surface area contributed by atoms with Gasteiger partial charge in [-0.3, -0.25) is 0 Å². The van der Waals surface area contributed by atoms with Gasteiger partial charge in [-0.1, -0.05) is 12.1 Å². The van der Waals surface area contributed by atoms with E-state index in [0.717, 1.165) is 12.1 Å². The van der Waals surface area contributed by atoms with Crippen molar-refractivity contribution < 1.29 is 13.2 Å². The summed E-state index contributed by atoms with van der Waals surface area (Å²) >= 11 is 0. The highest BCUT2D eigenvalue weighted by atomic mass is 32.2. The molecule has 0 unspecified atom stereocenters. The van der Waals surface area contributed by atoms with Crippen LogP contribution in [0.2, 0.25) is 0 Å². The minimum absolute atomic E-state index is 0.0483. The van der Waals surface area contributed by atoms with E-state index in [-0.39, 0.29) is 4.90 Å². The van der Waals surface area contributed by atoms with E-state index in [1.54, 1.807) is 16.8 Å². The summed E-state index contributed by atoms with van der Waals surface area (Å²) in [5.41, 5.74) is 6.55. The van der Waals surface area contributed by atoms with Crippen molar-refractivity contribution in [2.75, 3.05) is 12.3 Å². The summed E-state index contributed by atoms with van der Waals surface area (Å²) in [6.45, 7) is 2.84. The van der Waals surface area contributed by atoms with Crippen molar-refractivity contribution in [3.8, 4) is 5.75 Å². The number of primary sulfonamides is 1. The third-order valence-electron chi connectivity index (χ3n) is 2.93. The van der Waals surface area contributed by atoms with Gasteiger partial charge in [0.2, 0.25) is 10.0 Å². The molecule has 0 spiro atoms. The number of hydrogen-bond acceptors (Lipinski definition) is 6. The van der Waals surface area contributed by atoms with E-state index in [4.69, 9.17) is 15.6 Å². The fourth-order valence-corrected chi connectivity index (χ4v) is 2.38. The molecular weight excluding hydrogens is 294 g/mol. The van der Waals surface area contributed by atoms with E-state index in [1.165, 1.54) is 12.1 Å². The number of nitrogens with zero attached hydrogens (tertiary/aromatic N) is 3. The summed E-state index contributed by atoms with van der Waals surface area (Å²) in [6, 6.07) is 5.90. The zero-order valence-corrected chi connectivity index (χ0v) is 12.4. The Labute approximate surface area is 122 Å². The number of sulfonamides is 1. The summed E-state index contributed by atoms with van der Waals surface area (Å²) in [5, 5.41) is 12.8. The summed E-state index contributed by atoms with van der Waals surface area (Å²) in [6.07, 6.45) is 0.738. The van der Waals surface area contributed by atoms with Crippen LogP contribution in [0.3, 0.4) is 0 Å². The molecule has 0 bridgehead atoms. The molecule has 0 aliphatic heterocycles. The molecule has 0 amide bonds. The van der Waals surface area contributed by atoms with E-state index < -0.39 is 10.0 Å². The molecule has 0 atom stereocenters. The Hall–Kier alpha value is -2.13. The molecule has 21 heavy (non-hydrogen) atoms. The molecule has 2 aromatic rings. The zero-order valence-electron chi connectivity index (χ0n) is 11.6. The molecule has 114 valence electrons. The highest BCUT2D eigenvalue weighted by molar-refractivity contribution is 7.89. The molecule has 0 fully saturated rings. The Bertz CT molecular complexity index is 709. The zero-order chi connectivity index (χ0) is 15.5. The molecule has 8 nitrogen and oxygen atoms in total. The van der Waals surface area contributed by atoms with E-state index in [9.17, 15) is 8.42 Å². The topological polar surface area (TPSA) is 126 Å². The summed E-state index contributed by atoms with van der Waals surface area (Å²) in [4.78, 5) is 0.0483. The molecule has 1 aromatic carbocycles. The van der Waals surface area contributed by atoms with Gasteiger partial charge in [0, 0.05) is 0 Å². The maximum atomic E-state index is 11.1. The Morgan fingerprint density at radius 2 is 1.95 bits per heavy atom. The molecule has 2 rings (SSSR count). The van der Waals surface area contributed by atoms with Gasteiger partial charge in [0.15, 0.2) is 5.82 Å². The monoisotopic (exact) mass is 311 g/mol. The van der Waals surface area contributed by atoms with Gasteiger partial charge in [-0.25, -0.2) is 18.2 Å². The van der Waals surface area contributed by atoms with Crippen molar-refractivity contribution in [1.82, 2.24) is 15.0 Å². The highest BCUT2D eigenvalue weighted by Crippen LogP contribution is 2.15. The average molecular weight is 311 g/mol. The Morgan fingerprint density at radius 1 is 1.29 bits per heavy atom. The van der Waals surface area contributed by atoms with Crippen LogP contribution in [0, 0.1) is 0 Å². The van der Waals surface area contributed by atoms with Gasteiger partial charge in [-0.05, 0) is 30.7 Å². The first-order valence-corrected chi connectivity index (χ1v) is 7.90. The lowest BCUT2D eigenvalue weighted by molar-refractivity contribution is 0.287. The second-order valence-corrected chi connectivity index (χ2v) is 5.92. The number of rotatable bonds is 6. The normalized spacial score (nSPS) is 11.5. The minimum Gasteiger partial charge on any atom is -0.492 e. The van der Waals surface area contributed by atoms with Crippen molar-refractivity contribution in [1.29, 1.82) is 0 Å². The quantitative estimate of drug-likeness (QED) is 0.782. The van der Waals surface area contributed by atoms with Crippen molar-refractivity contribution >= 4 is 15.8 Å². The Kier molecular flexibility index (Phi) is 4.43. The summed E-state index contributed by atoms with van der Waals surface area (Å²) < 4.78 is 29.5. The van der Waals surface area contributed by atoms with E-state index in [0.29, 0.717) is 24.7 Å². The van der Waals surface area contributed by atoms with Gasteiger partial charge in [0.05, 0.1) is 17.1 Å². The molecule has 0 radical (unpaired) electrons. The fraction of sp³-hybridized carbons (Fsp3) is 0.333. The third kappa shape index (κ3) is 3.70. The lowest BCUT2D eigenvalue weighted by atomic mass is 10.3. The second kappa shape index (κ2) is 6.10. The molecule has 0 aliphatic carbocycles. The van der Waals surface area contributed by atoms with Gasteiger partial charge >= 0.3 is 0 Å². The highest BCUT2D eigenvalue weighted by Gasteiger charge is 2.09. The number of nitrogens with two attached hydrogens (primary N) is 2. The van der Waals surface area contributed by atoms with E-state index in [1.807, 2.05) is 6.92 Å². The van der Waals surface area contributed by atoms with Gasteiger partial charge in [0.1, 0.15) is 12.4 Å². The smallest absolute Gasteiger partial charge is 0.238 e. The molecule has 1 heterocycles. The van der Waals surface area contributed by atoms with Crippen LogP contribution in [0.15, 0.2) is 29.2 Å². The van der Waals surface area contributed by atoms with Crippen LogP contribution in [-0.4, -0.2) is 30.0 Å². The van der Waals surface area contributed by atoms with Crippen LogP contribution >= 0.6 is 0 Å². The van der Waals surface area contributed by atoms with Crippen molar-refractivity contribution in [2.45, 2.75) is 24.8 Å². The van der Waals surface area contributed by atoms with Crippen LogP contribution in [0.1, 0.15) is 12.6 Å². The lowest BCUT2D eigenvalue weighted by Gasteiger charge is -2.08. The Balaban J connectivity index is 1.94. The number of benzene rings is 1. The van der Waals surface area contributed by atoms with E-state index >= 15 is 0 Å².